The first-order chi connectivity index (χ1) is 7.16. The molecule has 1 rings (SSSR count). The summed E-state index contributed by atoms with van der Waals surface area (Å²) in [5.74, 6) is 0. The highest BCUT2D eigenvalue weighted by atomic mass is 16.5. The number of ether oxygens (including phenoxy) is 1. The summed E-state index contributed by atoms with van der Waals surface area (Å²) in [6, 6.07) is 0.551. The minimum Gasteiger partial charge on any atom is -0.379 e. The topological polar surface area (TPSA) is 38.5 Å². The molecule has 1 heterocycles. The Bertz CT molecular complexity index is 176. The summed E-state index contributed by atoms with van der Waals surface area (Å²) in [5, 5.41) is 0. The fraction of sp³-hybridized carbons (Fsp3) is 1.00. The van der Waals surface area contributed by atoms with E-state index >= 15 is 0 Å². The summed E-state index contributed by atoms with van der Waals surface area (Å²) < 4.78 is 5.63. The molecule has 0 bridgehead atoms. The summed E-state index contributed by atoms with van der Waals surface area (Å²) >= 11 is 0. The highest BCUT2D eigenvalue weighted by Crippen LogP contribution is 2.27. The van der Waals surface area contributed by atoms with Crippen LogP contribution in [0.5, 0.6) is 0 Å². The number of hydrogen-bond acceptors (Lipinski definition) is 3. The van der Waals surface area contributed by atoms with Crippen molar-refractivity contribution in [1.82, 2.24) is 4.90 Å². The van der Waals surface area contributed by atoms with Gasteiger partial charge in [0.1, 0.15) is 0 Å². The van der Waals surface area contributed by atoms with E-state index in [1.165, 1.54) is 12.8 Å². The van der Waals surface area contributed by atoms with Gasteiger partial charge in [-0.25, -0.2) is 0 Å². The molecule has 3 nitrogen and oxygen atoms in total. The van der Waals surface area contributed by atoms with E-state index in [-0.39, 0.29) is 5.54 Å². The first kappa shape index (κ1) is 12.9. The molecule has 1 fully saturated rings. The van der Waals surface area contributed by atoms with Gasteiger partial charge >= 0.3 is 0 Å². The molecule has 1 atom stereocenters. The van der Waals surface area contributed by atoms with Crippen molar-refractivity contribution in [1.29, 1.82) is 0 Å². The molecule has 2 N–H and O–H groups in total. The zero-order valence-corrected chi connectivity index (χ0v) is 10.5. The lowest BCUT2D eigenvalue weighted by Gasteiger charge is -2.47. The van der Waals surface area contributed by atoms with Crippen LogP contribution < -0.4 is 5.73 Å². The van der Waals surface area contributed by atoms with Crippen molar-refractivity contribution in [3.63, 3.8) is 0 Å². The predicted octanol–water partition coefficient (Wildman–Crippen LogP) is 1.61. The monoisotopic (exact) mass is 214 g/mol. The third-order valence-corrected chi connectivity index (χ3v) is 3.38. The van der Waals surface area contributed by atoms with Crippen molar-refractivity contribution < 1.29 is 4.74 Å². The third kappa shape index (κ3) is 2.92. The van der Waals surface area contributed by atoms with E-state index < -0.39 is 0 Å². The molecule has 15 heavy (non-hydrogen) atoms. The smallest absolute Gasteiger partial charge is 0.0662 e. The first-order valence-electron chi connectivity index (χ1n) is 6.21. The number of hydrogen-bond donors (Lipinski definition) is 1. The number of nitrogens with zero attached hydrogens (tertiary/aromatic N) is 1. The van der Waals surface area contributed by atoms with E-state index in [4.69, 9.17) is 10.5 Å². The first-order valence-corrected chi connectivity index (χ1v) is 6.21. The van der Waals surface area contributed by atoms with Gasteiger partial charge in [0.05, 0.1) is 12.1 Å². The fourth-order valence-corrected chi connectivity index (χ4v) is 2.63. The standard InChI is InChI=1S/C12H26N2O/c1-4-7-14(11(2)3)12(9-13)6-5-8-15-10-12/h11H,4-10,13H2,1-3H3. The molecule has 0 aliphatic carbocycles. The van der Waals surface area contributed by atoms with E-state index in [1.54, 1.807) is 0 Å². The minimum atomic E-state index is 0.0996. The van der Waals surface area contributed by atoms with Gasteiger partial charge in [0.2, 0.25) is 0 Å². The summed E-state index contributed by atoms with van der Waals surface area (Å²) in [6.07, 6.45) is 3.51. The SMILES string of the molecule is CCCN(C(C)C)C1(CN)CCCOC1. The van der Waals surface area contributed by atoms with Gasteiger partial charge in [0, 0.05) is 19.2 Å². The molecular weight excluding hydrogens is 188 g/mol. The summed E-state index contributed by atoms with van der Waals surface area (Å²) in [5.41, 5.74) is 6.09. The van der Waals surface area contributed by atoms with E-state index in [1.807, 2.05) is 0 Å². The quantitative estimate of drug-likeness (QED) is 0.755. The second kappa shape index (κ2) is 5.83. The molecule has 0 aromatic carbocycles. The molecule has 0 amide bonds. The third-order valence-electron chi connectivity index (χ3n) is 3.38. The van der Waals surface area contributed by atoms with Crippen molar-refractivity contribution in [3.05, 3.63) is 0 Å². The Balaban J connectivity index is 2.74. The summed E-state index contributed by atoms with van der Waals surface area (Å²) in [7, 11) is 0. The van der Waals surface area contributed by atoms with Crippen LogP contribution in [0, 0.1) is 0 Å². The lowest BCUT2D eigenvalue weighted by Crippen LogP contribution is -2.61. The Hall–Kier alpha value is -0.120. The zero-order valence-electron chi connectivity index (χ0n) is 10.5. The molecule has 1 unspecified atom stereocenters. The molecule has 1 aliphatic rings. The maximum atomic E-state index is 5.99. The van der Waals surface area contributed by atoms with Crippen LogP contribution in [0.2, 0.25) is 0 Å². The molecule has 90 valence electrons. The molecule has 3 heteroatoms. The second-order valence-corrected chi connectivity index (χ2v) is 4.87. The molecule has 0 radical (unpaired) electrons. The van der Waals surface area contributed by atoms with Crippen molar-refractivity contribution in [2.75, 3.05) is 26.3 Å². The van der Waals surface area contributed by atoms with Gasteiger partial charge in [0.25, 0.3) is 0 Å². The van der Waals surface area contributed by atoms with E-state index in [0.717, 1.165) is 26.2 Å². The number of rotatable bonds is 5. The highest BCUT2D eigenvalue weighted by molar-refractivity contribution is 4.95. The van der Waals surface area contributed by atoms with Crippen molar-refractivity contribution in [2.24, 2.45) is 5.73 Å². The lowest BCUT2D eigenvalue weighted by atomic mass is 9.89. The number of nitrogens with two attached hydrogens (primary N) is 1. The Kier molecular flexibility index (Phi) is 5.03. The largest absolute Gasteiger partial charge is 0.379 e. The van der Waals surface area contributed by atoms with Gasteiger partial charge in [-0.3, -0.25) is 4.90 Å². The van der Waals surface area contributed by atoms with Crippen LogP contribution in [0.25, 0.3) is 0 Å². The molecule has 0 aromatic rings. The molecule has 0 aromatic heterocycles. The summed E-state index contributed by atoms with van der Waals surface area (Å²) in [4.78, 5) is 2.53. The minimum absolute atomic E-state index is 0.0996. The molecular formula is C12H26N2O. The van der Waals surface area contributed by atoms with Gasteiger partial charge in [-0.2, -0.15) is 0 Å². The fourth-order valence-electron chi connectivity index (χ4n) is 2.63. The maximum absolute atomic E-state index is 5.99. The Morgan fingerprint density at radius 1 is 1.47 bits per heavy atom. The Labute approximate surface area is 94.0 Å². The average molecular weight is 214 g/mol. The van der Waals surface area contributed by atoms with E-state index in [9.17, 15) is 0 Å². The van der Waals surface area contributed by atoms with E-state index in [2.05, 4.69) is 25.7 Å². The van der Waals surface area contributed by atoms with Crippen LogP contribution in [0.1, 0.15) is 40.0 Å². The van der Waals surface area contributed by atoms with Crippen LogP contribution in [0.3, 0.4) is 0 Å². The van der Waals surface area contributed by atoms with Crippen LogP contribution in [0.4, 0.5) is 0 Å². The van der Waals surface area contributed by atoms with Crippen molar-refractivity contribution >= 4 is 0 Å². The van der Waals surface area contributed by atoms with Gasteiger partial charge < -0.3 is 10.5 Å². The van der Waals surface area contributed by atoms with Crippen molar-refractivity contribution in [3.8, 4) is 0 Å². The molecule has 1 saturated heterocycles. The van der Waals surface area contributed by atoms with Crippen LogP contribution in [-0.2, 0) is 4.74 Å². The Morgan fingerprint density at radius 2 is 2.20 bits per heavy atom. The van der Waals surface area contributed by atoms with Crippen LogP contribution in [0.15, 0.2) is 0 Å². The van der Waals surface area contributed by atoms with Crippen molar-refractivity contribution in [2.45, 2.75) is 51.6 Å². The lowest BCUT2D eigenvalue weighted by molar-refractivity contribution is -0.0577. The predicted molar refractivity (Wildman–Crippen MR) is 64.0 cm³/mol. The normalized spacial score (nSPS) is 27.6. The molecule has 0 saturated carbocycles. The van der Waals surface area contributed by atoms with Gasteiger partial charge in [-0.1, -0.05) is 6.92 Å². The van der Waals surface area contributed by atoms with E-state index in [0.29, 0.717) is 12.6 Å². The molecule has 1 aliphatic heterocycles. The summed E-state index contributed by atoms with van der Waals surface area (Å²) in [6.45, 7) is 10.3. The second-order valence-electron chi connectivity index (χ2n) is 4.87. The Morgan fingerprint density at radius 3 is 2.60 bits per heavy atom. The van der Waals surface area contributed by atoms with Crippen LogP contribution >= 0.6 is 0 Å². The van der Waals surface area contributed by atoms with Gasteiger partial charge in [-0.15, -0.1) is 0 Å². The average Bonchev–Trinajstić information content (AvgIpc) is 2.26. The molecule has 0 spiro atoms. The zero-order chi connectivity index (χ0) is 11.3. The van der Waals surface area contributed by atoms with Crippen LogP contribution in [-0.4, -0.2) is 42.8 Å². The van der Waals surface area contributed by atoms with Gasteiger partial charge in [-0.05, 0) is 39.7 Å². The highest BCUT2D eigenvalue weighted by Gasteiger charge is 2.38. The van der Waals surface area contributed by atoms with Gasteiger partial charge in [0.15, 0.2) is 0 Å². The maximum Gasteiger partial charge on any atom is 0.0662 e.